The summed E-state index contributed by atoms with van der Waals surface area (Å²) in [6, 6.07) is 0. The van der Waals surface area contributed by atoms with Crippen molar-refractivity contribution in [1.29, 1.82) is 0 Å². The highest BCUT2D eigenvalue weighted by Gasteiger charge is 2.40. The molecule has 1 aromatic heterocycles. The molecule has 0 spiro atoms. The molecule has 1 aliphatic rings. The topological polar surface area (TPSA) is 74.7 Å². The van der Waals surface area contributed by atoms with Gasteiger partial charge in [-0.1, -0.05) is 0 Å². The van der Waals surface area contributed by atoms with Crippen LogP contribution < -0.4 is 5.32 Å². The Kier molecular flexibility index (Phi) is 6.41. The molecule has 1 N–H and O–H groups in total. The van der Waals surface area contributed by atoms with E-state index in [0.29, 0.717) is 19.6 Å². The lowest BCUT2D eigenvalue weighted by Crippen LogP contribution is -2.57. The summed E-state index contributed by atoms with van der Waals surface area (Å²) >= 11 is 1.58. The van der Waals surface area contributed by atoms with Gasteiger partial charge >= 0.3 is 0 Å². The molecule has 2 heterocycles. The molecule has 1 saturated heterocycles. The van der Waals surface area contributed by atoms with Crippen LogP contribution in [0.4, 0.5) is 0 Å². The number of sulfone groups is 1. The molecule has 120 valence electrons. The fraction of sp³-hybridized carbons (Fsp3) is 0.667. The van der Waals surface area contributed by atoms with Gasteiger partial charge in [-0.2, -0.15) is 0 Å². The van der Waals surface area contributed by atoms with Crippen molar-refractivity contribution in [3.8, 4) is 0 Å². The molecule has 1 aromatic rings. The molecular weight excluding hydrogens is 423 g/mol. The van der Waals surface area contributed by atoms with Crippen LogP contribution in [0.5, 0.6) is 0 Å². The fourth-order valence-electron chi connectivity index (χ4n) is 2.15. The van der Waals surface area contributed by atoms with Gasteiger partial charge in [-0.3, -0.25) is 4.99 Å². The summed E-state index contributed by atoms with van der Waals surface area (Å²) in [4.78, 5) is 10.4. The Labute approximate surface area is 147 Å². The van der Waals surface area contributed by atoms with Crippen molar-refractivity contribution in [2.75, 3.05) is 25.9 Å². The van der Waals surface area contributed by atoms with Gasteiger partial charge in [0.15, 0.2) is 15.8 Å². The van der Waals surface area contributed by atoms with E-state index < -0.39 is 14.6 Å². The molecule has 0 unspecified atom stereocenters. The smallest absolute Gasteiger partial charge is 0.194 e. The maximum absolute atomic E-state index is 12.0. The zero-order valence-corrected chi connectivity index (χ0v) is 16.3. The van der Waals surface area contributed by atoms with Gasteiger partial charge in [0.25, 0.3) is 0 Å². The van der Waals surface area contributed by atoms with Crippen molar-refractivity contribution in [3.05, 3.63) is 16.6 Å². The Balaban J connectivity index is 0.00000220. The maximum atomic E-state index is 12.0. The highest BCUT2D eigenvalue weighted by atomic mass is 127. The predicted molar refractivity (Wildman–Crippen MR) is 97.2 cm³/mol. The zero-order valence-electron chi connectivity index (χ0n) is 12.4. The van der Waals surface area contributed by atoms with Gasteiger partial charge in [-0.05, 0) is 13.8 Å². The molecule has 0 radical (unpaired) electrons. The average Bonchev–Trinajstić information content (AvgIpc) is 2.87. The zero-order chi connectivity index (χ0) is 14.8. The van der Waals surface area contributed by atoms with E-state index in [2.05, 4.69) is 15.3 Å². The van der Waals surface area contributed by atoms with E-state index in [1.54, 1.807) is 38.4 Å². The molecule has 1 aliphatic heterocycles. The van der Waals surface area contributed by atoms with Crippen LogP contribution in [-0.4, -0.2) is 54.9 Å². The van der Waals surface area contributed by atoms with Gasteiger partial charge in [0, 0.05) is 31.7 Å². The first kappa shape index (κ1) is 18.6. The van der Waals surface area contributed by atoms with Crippen molar-refractivity contribution in [3.63, 3.8) is 0 Å². The standard InChI is InChI=1S/C12H20N4O2S2.HI/c1-12(2)9-16(5-7-20(12,17)18)11(13-3)15-8-10-14-4-6-19-10;/h4,6H,5,7-9H2,1-3H3,(H,13,15);1H. The molecule has 0 aromatic carbocycles. The number of hydrogen-bond donors (Lipinski definition) is 1. The normalized spacial score (nSPS) is 20.7. The molecule has 1 fully saturated rings. The van der Waals surface area contributed by atoms with Gasteiger partial charge in [-0.15, -0.1) is 35.3 Å². The number of aliphatic imine (C=N–C) groups is 1. The van der Waals surface area contributed by atoms with Gasteiger partial charge in [-0.25, -0.2) is 13.4 Å². The monoisotopic (exact) mass is 444 g/mol. The van der Waals surface area contributed by atoms with Gasteiger partial charge in [0.1, 0.15) is 5.01 Å². The number of nitrogens with one attached hydrogen (secondary N) is 1. The average molecular weight is 444 g/mol. The van der Waals surface area contributed by atoms with E-state index in [1.807, 2.05) is 10.3 Å². The van der Waals surface area contributed by atoms with E-state index in [1.165, 1.54) is 0 Å². The molecule has 0 bridgehead atoms. The van der Waals surface area contributed by atoms with E-state index >= 15 is 0 Å². The maximum Gasteiger partial charge on any atom is 0.194 e. The summed E-state index contributed by atoms with van der Waals surface area (Å²) in [6.07, 6.45) is 1.76. The molecular formula is C12H21IN4O2S2. The number of nitrogens with zero attached hydrogens (tertiary/aromatic N) is 3. The van der Waals surface area contributed by atoms with Crippen molar-refractivity contribution < 1.29 is 8.42 Å². The summed E-state index contributed by atoms with van der Waals surface area (Å²) in [7, 11) is -1.32. The van der Waals surface area contributed by atoms with Crippen LogP contribution >= 0.6 is 35.3 Å². The number of halogens is 1. The highest BCUT2D eigenvalue weighted by Crippen LogP contribution is 2.23. The van der Waals surface area contributed by atoms with Crippen molar-refractivity contribution in [1.82, 2.24) is 15.2 Å². The van der Waals surface area contributed by atoms with Crippen LogP contribution in [0.2, 0.25) is 0 Å². The summed E-state index contributed by atoms with van der Waals surface area (Å²) < 4.78 is 23.3. The summed E-state index contributed by atoms with van der Waals surface area (Å²) in [6.45, 7) is 5.06. The van der Waals surface area contributed by atoms with Gasteiger partial charge in [0.05, 0.1) is 17.0 Å². The lowest BCUT2D eigenvalue weighted by molar-refractivity contribution is 0.353. The van der Waals surface area contributed by atoms with E-state index in [4.69, 9.17) is 0 Å². The minimum Gasteiger partial charge on any atom is -0.350 e. The van der Waals surface area contributed by atoms with Crippen LogP contribution in [0.15, 0.2) is 16.6 Å². The van der Waals surface area contributed by atoms with Crippen LogP contribution in [0.3, 0.4) is 0 Å². The lowest BCUT2D eigenvalue weighted by atomic mass is 10.2. The van der Waals surface area contributed by atoms with Gasteiger partial charge < -0.3 is 10.2 Å². The van der Waals surface area contributed by atoms with Crippen LogP contribution in [0.1, 0.15) is 18.9 Å². The number of rotatable bonds is 2. The second kappa shape index (κ2) is 7.23. The lowest BCUT2D eigenvalue weighted by Gasteiger charge is -2.39. The largest absolute Gasteiger partial charge is 0.350 e. The summed E-state index contributed by atoms with van der Waals surface area (Å²) in [5.41, 5.74) is 0. The van der Waals surface area contributed by atoms with E-state index in [0.717, 1.165) is 11.0 Å². The predicted octanol–water partition coefficient (Wildman–Crippen LogP) is 1.35. The first-order valence-electron chi connectivity index (χ1n) is 6.42. The Morgan fingerprint density at radius 1 is 1.57 bits per heavy atom. The molecule has 0 atom stereocenters. The van der Waals surface area contributed by atoms with Crippen LogP contribution in [0.25, 0.3) is 0 Å². The quantitative estimate of drug-likeness (QED) is 0.424. The highest BCUT2D eigenvalue weighted by molar-refractivity contribution is 14.0. The molecule has 0 saturated carbocycles. The molecule has 2 rings (SSSR count). The van der Waals surface area contributed by atoms with Crippen LogP contribution in [-0.2, 0) is 16.4 Å². The van der Waals surface area contributed by atoms with Gasteiger partial charge in [0.2, 0.25) is 0 Å². The van der Waals surface area contributed by atoms with Crippen molar-refractivity contribution >= 4 is 51.1 Å². The number of thiazole rings is 1. The van der Waals surface area contributed by atoms with Crippen molar-refractivity contribution in [2.24, 2.45) is 4.99 Å². The number of aromatic nitrogens is 1. The summed E-state index contributed by atoms with van der Waals surface area (Å²) in [5, 5.41) is 6.14. The Morgan fingerprint density at radius 2 is 2.29 bits per heavy atom. The van der Waals surface area contributed by atoms with Crippen molar-refractivity contribution in [2.45, 2.75) is 25.1 Å². The first-order valence-corrected chi connectivity index (χ1v) is 8.95. The third-order valence-corrected chi connectivity index (χ3v) is 6.75. The third kappa shape index (κ3) is 4.28. The Hall–Kier alpha value is -0.420. The molecule has 0 aliphatic carbocycles. The Bertz CT molecular complexity index is 584. The fourth-order valence-corrected chi connectivity index (χ4v) is 4.07. The second-order valence-corrected chi connectivity index (χ2v) is 9.05. The minimum atomic E-state index is -3.03. The Morgan fingerprint density at radius 3 is 2.81 bits per heavy atom. The second-order valence-electron chi connectivity index (χ2n) is 5.33. The van der Waals surface area contributed by atoms with E-state index in [9.17, 15) is 8.42 Å². The minimum absolute atomic E-state index is 0. The number of hydrogen-bond acceptors (Lipinski definition) is 5. The van der Waals surface area contributed by atoms with Crippen LogP contribution in [0, 0.1) is 0 Å². The molecule has 21 heavy (non-hydrogen) atoms. The van der Waals surface area contributed by atoms with E-state index in [-0.39, 0.29) is 29.7 Å². The molecule has 9 heteroatoms. The molecule has 6 nitrogen and oxygen atoms in total. The molecule has 0 amide bonds. The summed E-state index contributed by atoms with van der Waals surface area (Å²) in [5.74, 6) is 0.890. The SMILES string of the molecule is CN=C(NCc1nccs1)N1CCS(=O)(=O)C(C)(C)C1.I. The number of guanidine groups is 1. The first-order chi connectivity index (χ1) is 9.36. The third-order valence-electron chi connectivity index (χ3n) is 3.44.